The minimum Gasteiger partial charge on any atom is -0.317 e. The van der Waals surface area contributed by atoms with Gasteiger partial charge in [0.05, 0.1) is 0 Å². The second-order valence-corrected chi connectivity index (χ2v) is 6.17. The van der Waals surface area contributed by atoms with Crippen LogP contribution in [0.25, 0.3) is 0 Å². The van der Waals surface area contributed by atoms with Crippen molar-refractivity contribution in [3.63, 3.8) is 0 Å². The summed E-state index contributed by atoms with van der Waals surface area (Å²) in [5, 5.41) is 3.40. The van der Waals surface area contributed by atoms with Crippen molar-refractivity contribution >= 4 is 0 Å². The van der Waals surface area contributed by atoms with E-state index in [1.54, 1.807) is 5.56 Å². The van der Waals surface area contributed by atoms with Crippen molar-refractivity contribution in [1.82, 2.24) is 10.2 Å². The fourth-order valence-corrected chi connectivity index (χ4v) is 2.64. The highest BCUT2D eigenvalue weighted by Crippen LogP contribution is 2.30. The molecule has 0 radical (unpaired) electrons. The van der Waals surface area contributed by atoms with E-state index in [2.05, 4.69) is 63.4 Å². The van der Waals surface area contributed by atoms with Gasteiger partial charge in [0.15, 0.2) is 0 Å². The fraction of sp³-hybridized carbons (Fsp3) is 0.625. The van der Waals surface area contributed by atoms with Crippen LogP contribution in [0.3, 0.4) is 0 Å². The van der Waals surface area contributed by atoms with Gasteiger partial charge in [0.1, 0.15) is 0 Å². The Bertz CT molecular complexity index is 421. The summed E-state index contributed by atoms with van der Waals surface area (Å²) in [4.78, 5) is 2.29. The summed E-state index contributed by atoms with van der Waals surface area (Å²) in [5.41, 5.74) is 4.61. The van der Waals surface area contributed by atoms with E-state index >= 15 is 0 Å². The first-order valence-electron chi connectivity index (χ1n) is 6.92. The molecule has 2 nitrogen and oxygen atoms in total. The Morgan fingerprint density at radius 3 is 2.56 bits per heavy atom. The zero-order chi connectivity index (χ0) is 13.3. The lowest BCUT2D eigenvalue weighted by molar-refractivity contribution is 0.197. The SMILES string of the molecule is CNC1CCc2cc(C(C)(C)N(C)C)ccc2C1. The van der Waals surface area contributed by atoms with Crippen LogP contribution in [0.4, 0.5) is 0 Å². The molecule has 1 aliphatic carbocycles. The van der Waals surface area contributed by atoms with Gasteiger partial charge >= 0.3 is 0 Å². The monoisotopic (exact) mass is 246 g/mol. The molecule has 2 heteroatoms. The number of hydrogen-bond acceptors (Lipinski definition) is 2. The predicted octanol–water partition coefficient (Wildman–Crippen LogP) is 2.56. The molecular weight excluding hydrogens is 220 g/mol. The maximum atomic E-state index is 3.40. The number of nitrogens with zero attached hydrogens (tertiary/aromatic N) is 1. The van der Waals surface area contributed by atoms with Crippen LogP contribution in [-0.2, 0) is 18.4 Å². The fourth-order valence-electron chi connectivity index (χ4n) is 2.64. The molecule has 0 bridgehead atoms. The summed E-state index contributed by atoms with van der Waals surface area (Å²) in [6, 6.07) is 7.71. The molecule has 1 atom stereocenters. The molecule has 0 heterocycles. The normalized spacial score (nSPS) is 20.0. The van der Waals surface area contributed by atoms with Crippen molar-refractivity contribution in [1.29, 1.82) is 0 Å². The van der Waals surface area contributed by atoms with Gasteiger partial charge in [0, 0.05) is 11.6 Å². The first-order chi connectivity index (χ1) is 8.45. The predicted molar refractivity (Wildman–Crippen MR) is 78.0 cm³/mol. The maximum Gasteiger partial charge on any atom is 0.0398 e. The molecule has 0 saturated carbocycles. The third-order valence-electron chi connectivity index (χ3n) is 4.67. The van der Waals surface area contributed by atoms with Crippen LogP contribution in [-0.4, -0.2) is 32.1 Å². The molecule has 100 valence electrons. The van der Waals surface area contributed by atoms with Crippen LogP contribution in [0.5, 0.6) is 0 Å². The Hall–Kier alpha value is -0.860. The molecule has 0 fully saturated rings. The lowest BCUT2D eigenvalue weighted by atomic mass is 9.83. The molecule has 1 aromatic rings. The first kappa shape index (κ1) is 13.6. The maximum absolute atomic E-state index is 3.40. The van der Waals surface area contributed by atoms with Gasteiger partial charge in [-0.2, -0.15) is 0 Å². The van der Waals surface area contributed by atoms with Gasteiger partial charge in [0.2, 0.25) is 0 Å². The van der Waals surface area contributed by atoms with E-state index in [0.29, 0.717) is 6.04 Å². The van der Waals surface area contributed by atoms with E-state index in [4.69, 9.17) is 0 Å². The van der Waals surface area contributed by atoms with E-state index in [-0.39, 0.29) is 5.54 Å². The average molecular weight is 246 g/mol. The largest absolute Gasteiger partial charge is 0.317 e. The standard InChI is InChI=1S/C16H26N2/c1-16(2,18(4)5)14-8-6-13-11-15(17-3)9-7-12(13)10-14/h6,8,10,15,17H,7,9,11H2,1-5H3. The van der Waals surface area contributed by atoms with Crippen LogP contribution >= 0.6 is 0 Å². The highest BCUT2D eigenvalue weighted by molar-refractivity contribution is 5.37. The molecule has 0 saturated heterocycles. The van der Waals surface area contributed by atoms with Crippen molar-refractivity contribution in [2.75, 3.05) is 21.1 Å². The molecule has 0 aromatic heterocycles. The Morgan fingerprint density at radius 2 is 1.94 bits per heavy atom. The van der Waals surface area contributed by atoms with E-state index < -0.39 is 0 Å². The summed E-state index contributed by atoms with van der Waals surface area (Å²) in [6.45, 7) is 4.57. The second-order valence-electron chi connectivity index (χ2n) is 6.17. The van der Waals surface area contributed by atoms with Crippen LogP contribution in [0.15, 0.2) is 18.2 Å². The third kappa shape index (κ3) is 2.45. The van der Waals surface area contributed by atoms with E-state index in [9.17, 15) is 0 Å². The van der Waals surface area contributed by atoms with Gasteiger partial charge < -0.3 is 10.2 Å². The molecular formula is C16H26N2. The van der Waals surface area contributed by atoms with E-state index in [0.717, 1.165) is 0 Å². The highest BCUT2D eigenvalue weighted by atomic mass is 15.1. The Labute approximate surface area is 111 Å². The van der Waals surface area contributed by atoms with Gasteiger partial charge in [-0.25, -0.2) is 0 Å². The number of nitrogens with one attached hydrogen (secondary N) is 1. The first-order valence-corrected chi connectivity index (χ1v) is 6.92. The Morgan fingerprint density at radius 1 is 1.22 bits per heavy atom. The van der Waals surface area contributed by atoms with Crippen molar-refractivity contribution in [2.45, 2.75) is 44.7 Å². The summed E-state index contributed by atoms with van der Waals surface area (Å²) >= 11 is 0. The number of aryl methyl sites for hydroxylation is 1. The van der Waals surface area contributed by atoms with Crippen molar-refractivity contribution in [2.24, 2.45) is 0 Å². The summed E-state index contributed by atoms with van der Waals surface area (Å²) in [5.74, 6) is 0. The summed E-state index contributed by atoms with van der Waals surface area (Å²) < 4.78 is 0. The van der Waals surface area contributed by atoms with Crippen LogP contribution < -0.4 is 5.32 Å². The molecule has 1 aliphatic rings. The van der Waals surface area contributed by atoms with E-state index in [1.165, 1.54) is 30.4 Å². The number of fused-ring (bicyclic) bond motifs is 1. The van der Waals surface area contributed by atoms with Gasteiger partial charge in [-0.1, -0.05) is 18.2 Å². The highest BCUT2D eigenvalue weighted by Gasteiger charge is 2.25. The third-order valence-corrected chi connectivity index (χ3v) is 4.67. The van der Waals surface area contributed by atoms with Gasteiger partial charge in [-0.05, 0) is 70.9 Å². The average Bonchev–Trinajstić information content (AvgIpc) is 2.37. The van der Waals surface area contributed by atoms with Crippen LogP contribution in [0.1, 0.15) is 37.0 Å². The molecule has 2 rings (SSSR count). The molecule has 1 unspecified atom stereocenters. The minimum absolute atomic E-state index is 0.106. The Balaban J connectivity index is 2.29. The van der Waals surface area contributed by atoms with Crippen molar-refractivity contribution in [3.05, 3.63) is 34.9 Å². The van der Waals surface area contributed by atoms with E-state index in [1.807, 2.05) is 0 Å². The number of likely N-dealkylation sites (N-methyl/N-ethyl adjacent to an activating group) is 1. The molecule has 1 N–H and O–H groups in total. The van der Waals surface area contributed by atoms with Crippen molar-refractivity contribution in [3.8, 4) is 0 Å². The van der Waals surface area contributed by atoms with Crippen molar-refractivity contribution < 1.29 is 0 Å². The number of hydrogen-bond donors (Lipinski definition) is 1. The summed E-state index contributed by atoms with van der Waals surface area (Å²) in [6.07, 6.45) is 3.64. The molecule has 0 spiro atoms. The topological polar surface area (TPSA) is 15.3 Å². The van der Waals surface area contributed by atoms with Crippen LogP contribution in [0.2, 0.25) is 0 Å². The van der Waals surface area contributed by atoms with Gasteiger partial charge in [0.25, 0.3) is 0 Å². The number of benzene rings is 1. The lowest BCUT2D eigenvalue weighted by Crippen LogP contribution is -2.36. The molecule has 1 aromatic carbocycles. The number of rotatable bonds is 3. The molecule has 0 aliphatic heterocycles. The quantitative estimate of drug-likeness (QED) is 0.882. The molecule has 0 amide bonds. The lowest BCUT2D eigenvalue weighted by Gasteiger charge is -2.34. The second kappa shape index (κ2) is 5.02. The zero-order valence-electron chi connectivity index (χ0n) is 12.4. The van der Waals surface area contributed by atoms with Gasteiger partial charge in [-0.15, -0.1) is 0 Å². The minimum atomic E-state index is 0.106. The van der Waals surface area contributed by atoms with Crippen LogP contribution in [0, 0.1) is 0 Å². The van der Waals surface area contributed by atoms with Gasteiger partial charge in [-0.3, -0.25) is 0 Å². The summed E-state index contributed by atoms with van der Waals surface area (Å²) in [7, 11) is 6.37. The zero-order valence-corrected chi connectivity index (χ0v) is 12.4. The Kier molecular flexibility index (Phi) is 3.79. The smallest absolute Gasteiger partial charge is 0.0398 e. The molecule has 18 heavy (non-hydrogen) atoms.